The molecular formula is C11H9F2N3S. The highest BCUT2D eigenvalue weighted by atomic mass is 32.2. The second kappa shape index (κ2) is 4.67. The van der Waals surface area contributed by atoms with Gasteiger partial charge in [0.25, 0.3) is 0 Å². The van der Waals surface area contributed by atoms with Crippen LogP contribution in [-0.2, 0) is 0 Å². The highest BCUT2D eigenvalue weighted by molar-refractivity contribution is 7.98. The predicted octanol–water partition coefficient (Wildman–Crippen LogP) is 2.73. The molecule has 0 spiro atoms. The molecule has 2 rings (SSSR count). The molecule has 0 bridgehead atoms. The molecule has 2 aromatic rings. The van der Waals surface area contributed by atoms with Crippen LogP contribution < -0.4 is 5.73 Å². The van der Waals surface area contributed by atoms with E-state index in [0.717, 1.165) is 12.1 Å². The summed E-state index contributed by atoms with van der Waals surface area (Å²) in [4.78, 5) is 8.16. The number of nitrogen functional groups attached to an aromatic ring is 1. The fourth-order valence-electron chi connectivity index (χ4n) is 1.34. The zero-order valence-corrected chi connectivity index (χ0v) is 9.76. The summed E-state index contributed by atoms with van der Waals surface area (Å²) in [5.74, 6) is -1.50. The van der Waals surface area contributed by atoms with E-state index in [0.29, 0.717) is 22.2 Å². The maximum Gasteiger partial charge on any atom is 0.189 e. The van der Waals surface area contributed by atoms with Crippen LogP contribution in [0.4, 0.5) is 14.6 Å². The highest BCUT2D eigenvalue weighted by Crippen LogP contribution is 2.23. The van der Waals surface area contributed by atoms with Gasteiger partial charge in [-0.2, -0.15) is 0 Å². The number of rotatable bonds is 2. The smallest absolute Gasteiger partial charge is 0.189 e. The molecule has 0 saturated carbocycles. The van der Waals surface area contributed by atoms with Gasteiger partial charge in [0.15, 0.2) is 16.8 Å². The van der Waals surface area contributed by atoms with Gasteiger partial charge in [0.1, 0.15) is 5.82 Å². The standard InChI is InChI=1S/C11H9F2N3S/c1-17-11-15-9(5-10(14)16-11)6-2-3-7(12)8(13)4-6/h2-5H,1H3,(H2,14,15,16). The van der Waals surface area contributed by atoms with E-state index in [4.69, 9.17) is 5.73 Å². The minimum atomic E-state index is -0.912. The minimum Gasteiger partial charge on any atom is -0.384 e. The van der Waals surface area contributed by atoms with Gasteiger partial charge in [0.05, 0.1) is 5.69 Å². The number of benzene rings is 1. The van der Waals surface area contributed by atoms with Crippen LogP contribution in [0, 0.1) is 11.6 Å². The summed E-state index contributed by atoms with van der Waals surface area (Å²) < 4.78 is 25.9. The molecule has 0 fully saturated rings. The number of aromatic nitrogens is 2. The van der Waals surface area contributed by atoms with Crippen LogP contribution in [0.3, 0.4) is 0 Å². The van der Waals surface area contributed by atoms with Gasteiger partial charge in [-0.05, 0) is 24.5 Å². The lowest BCUT2D eigenvalue weighted by molar-refractivity contribution is 0.509. The molecule has 0 unspecified atom stereocenters. The molecule has 2 N–H and O–H groups in total. The first-order valence-electron chi connectivity index (χ1n) is 4.74. The molecule has 0 aliphatic carbocycles. The largest absolute Gasteiger partial charge is 0.384 e. The Labute approximate surface area is 101 Å². The summed E-state index contributed by atoms with van der Waals surface area (Å²) in [6.45, 7) is 0. The molecular weight excluding hydrogens is 244 g/mol. The third kappa shape index (κ3) is 2.52. The molecule has 0 radical (unpaired) electrons. The van der Waals surface area contributed by atoms with Crippen molar-refractivity contribution in [1.29, 1.82) is 0 Å². The van der Waals surface area contributed by atoms with E-state index in [1.807, 2.05) is 6.26 Å². The van der Waals surface area contributed by atoms with E-state index in [9.17, 15) is 8.78 Å². The van der Waals surface area contributed by atoms with Crippen LogP contribution in [0.1, 0.15) is 0 Å². The molecule has 3 nitrogen and oxygen atoms in total. The molecule has 6 heteroatoms. The number of halogens is 2. The number of nitrogens with zero attached hydrogens (tertiary/aromatic N) is 2. The Balaban J connectivity index is 2.52. The van der Waals surface area contributed by atoms with Crippen molar-refractivity contribution in [2.45, 2.75) is 5.16 Å². The Morgan fingerprint density at radius 2 is 1.88 bits per heavy atom. The highest BCUT2D eigenvalue weighted by Gasteiger charge is 2.08. The summed E-state index contributed by atoms with van der Waals surface area (Å²) in [6, 6.07) is 5.11. The molecule has 0 amide bonds. The van der Waals surface area contributed by atoms with Gasteiger partial charge < -0.3 is 5.73 Å². The lowest BCUT2D eigenvalue weighted by Crippen LogP contribution is -1.97. The molecule has 1 aromatic heterocycles. The lowest BCUT2D eigenvalue weighted by atomic mass is 10.1. The molecule has 17 heavy (non-hydrogen) atoms. The average Bonchev–Trinajstić information content (AvgIpc) is 2.32. The van der Waals surface area contributed by atoms with Gasteiger partial charge in [-0.15, -0.1) is 0 Å². The van der Waals surface area contributed by atoms with Crippen molar-refractivity contribution in [3.63, 3.8) is 0 Å². The van der Waals surface area contributed by atoms with Crippen LogP contribution >= 0.6 is 11.8 Å². The number of hydrogen-bond donors (Lipinski definition) is 1. The number of hydrogen-bond acceptors (Lipinski definition) is 4. The second-order valence-corrected chi connectivity index (χ2v) is 4.07. The Morgan fingerprint density at radius 3 is 2.53 bits per heavy atom. The predicted molar refractivity (Wildman–Crippen MR) is 63.6 cm³/mol. The van der Waals surface area contributed by atoms with Gasteiger partial charge in [-0.3, -0.25) is 0 Å². The maximum absolute atomic E-state index is 13.1. The number of thioether (sulfide) groups is 1. The van der Waals surface area contributed by atoms with E-state index >= 15 is 0 Å². The van der Waals surface area contributed by atoms with Crippen molar-refractivity contribution < 1.29 is 8.78 Å². The molecule has 0 atom stereocenters. The second-order valence-electron chi connectivity index (χ2n) is 3.29. The van der Waals surface area contributed by atoms with Gasteiger partial charge in [-0.1, -0.05) is 11.8 Å². The van der Waals surface area contributed by atoms with E-state index in [2.05, 4.69) is 9.97 Å². The van der Waals surface area contributed by atoms with Gasteiger partial charge in [-0.25, -0.2) is 18.7 Å². The third-order valence-electron chi connectivity index (χ3n) is 2.12. The first-order valence-corrected chi connectivity index (χ1v) is 5.96. The Hall–Kier alpha value is -1.69. The molecule has 1 aromatic carbocycles. The van der Waals surface area contributed by atoms with Gasteiger partial charge in [0, 0.05) is 11.6 Å². The molecule has 0 aliphatic heterocycles. The van der Waals surface area contributed by atoms with Crippen molar-refractivity contribution in [1.82, 2.24) is 9.97 Å². The van der Waals surface area contributed by atoms with Crippen LogP contribution in [0.25, 0.3) is 11.3 Å². The Kier molecular flexibility index (Phi) is 3.23. The maximum atomic E-state index is 13.1. The SMILES string of the molecule is CSc1nc(N)cc(-c2ccc(F)c(F)c2)n1. The summed E-state index contributed by atoms with van der Waals surface area (Å²) in [7, 11) is 0. The van der Waals surface area contributed by atoms with Crippen molar-refractivity contribution in [2.24, 2.45) is 0 Å². The van der Waals surface area contributed by atoms with Gasteiger partial charge >= 0.3 is 0 Å². The van der Waals surface area contributed by atoms with Crippen LogP contribution in [0.15, 0.2) is 29.4 Å². The first-order chi connectivity index (χ1) is 8.10. The topological polar surface area (TPSA) is 51.8 Å². The van der Waals surface area contributed by atoms with Crippen LogP contribution in [0.2, 0.25) is 0 Å². The van der Waals surface area contributed by atoms with Crippen molar-refractivity contribution in [3.8, 4) is 11.3 Å². The molecule has 1 heterocycles. The molecule has 88 valence electrons. The van der Waals surface area contributed by atoms with Crippen molar-refractivity contribution >= 4 is 17.6 Å². The summed E-state index contributed by atoms with van der Waals surface area (Å²) in [6.07, 6.45) is 1.81. The van der Waals surface area contributed by atoms with Crippen LogP contribution in [0.5, 0.6) is 0 Å². The Bertz CT molecular complexity index is 560. The Morgan fingerprint density at radius 1 is 1.12 bits per heavy atom. The van der Waals surface area contributed by atoms with Crippen molar-refractivity contribution in [3.05, 3.63) is 35.9 Å². The van der Waals surface area contributed by atoms with E-state index in [-0.39, 0.29) is 0 Å². The normalized spacial score (nSPS) is 10.5. The fraction of sp³-hybridized carbons (Fsp3) is 0.0909. The lowest BCUT2D eigenvalue weighted by Gasteiger charge is -2.04. The minimum absolute atomic E-state index is 0.295. The van der Waals surface area contributed by atoms with E-state index < -0.39 is 11.6 Å². The zero-order valence-electron chi connectivity index (χ0n) is 8.95. The summed E-state index contributed by atoms with van der Waals surface area (Å²) in [5, 5.41) is 0.490. The summed E-state index contributed by atoms with van der Waals surface area (Å²) >= 11 is 1.33. The van der Waals surface area contributed by atoms with Crippen molar-refractivity contribution in [2.75, 3.05) is 12.0 Å². The van der Waals surface area contributed by atoms with E-state index in [1.54, 1.807) is 0 Å². The quantitative estimate of drug-likeness (QED) is 0.660. The number of anilines is 1. The first kappa shape index (κ1) is 11.8. The third-order valence-corrected chi connectivity index (χ3v) is 2.67. The molecule has 0 saturated heterocycles. The monoisotopic (exact) mass is 253 g/mol. The molecule has 0 aliphatic rings. The van der Waals surface area contributed by atoms with Crippen LogP contribution in [-0.4, -0.2) is 16.2 Å². The fourth-order valence-corrected chi connectivity index (χ4v) is 1.72. The zero-order chi connectivity index (χ0) is 12.4. The van der Waals surface area contributed by atoms with E-state index in [1.165, 1.54) is 23.9 Å². The summed E-state index contributed by atoms with van der Waals surface area (Å²) in [5.41, 5.74) is 6.55. The number of nitrogens with two attached hydrogens (primary N) is 1. The average molecular weight is 253 g/mol. The van der Waals surface area contributed by atoms with Gasteiger partial charge in [0.2, 0.25) is 0 Å².